The SMILES string of the molecule is C=CCn1c(C)cc(C(=O)COC(=O)c2ccc3ccccc3n2)c1C. The molecule has 5 heteroatoms. The second kappa shape index (κ2) is 7.35. The summed E-state index contributed by atoms with van der Waals surface area (Å²) in [6.45, 7) is 7.84. The van der Waals surface area contributed by atoms with E-state index >= 15 is 0 Å². The number of ketones is 1. The van der Waals surface area contributed by atoms with Crippen molar-refractivity contribution in [3.05, 3.63) is 77.8 Å². The Labute approximate surface area is 151 Å². The summed E-state index contributed by atoms with van der Waals surface area (Å²) in [5, 5.41) is 0.940. The van der Waals surface area contributed by atoms with Crippen LogP contribution in [0.25, 0.3) is 10.9 Å². The first-order valence-electron chi connectivity index (χ1n) is 8.35. The Balaban J connectivity index is 1.71. The quantitative estimate of drug-likeness (QED) is 0.385. The van der Waals surface area contributed by atoms with Gasteiger partial charge in [0, 0.05) is 28.9 Å². The monoisotopic (exact) mass is 348 g/mol. The first kappa shape index (κ1) is 17.6. The second-order valence-corrected chi connectivity index (χ2v) is 6.07. The molecule has 0 aliphatic rings. The summed E-state index contributed by atoms with van der Waals surface area (Å²) < 4.78 is 7.17. The van der Waals surface area contributed by atoms with Gasteiger partial charge in [-0.2, -0.15) is 0 Å². The summed E-state index contributed by atoms with van der Waals surface area (Å²) in [6.07, 6.45) is 1.78. The van der Waals surface area contributed by atoms with Gasteiger partial charge < -0.3 is 9.30 Å². The molecule has 0 unspecified atom stereocenters. The van der Waals surface area contributed by atoms with E-state index in [4.69, 9.17) is 4.74 Å². The number of carbonyl (C=O) groups is 2. The van der Waals surface area contributed by atoms with Gasteiger partial charge in [-0.05, 0) is 32.0 Å². The number of nitrogens with zero attached hydrogens (tertiary/aromatic N) is 2. The van der Waals surface area contributed by atoms with E-state index in [0.29, 0.717) is 17.6 Å². The van der Waals surface area contributed by atoms with E-state index in [0.717, 1.165) is 16.8 Å². The van der Waals surface area contributed by atoms with Crippen molar-refractivity contribution < 1.29 is 14.3 Å². The third-order valence-electron chi connectivity index (χ3n) is 4.33. The van der Waals surface area contributed by atoms with Gasteiger partial charge in [0.1, 0.15) is 5.69 Å². The Bertz CT molecular complexity index is 1000. The summed E-state index contributed by atoms with van der Waals surface area (Å²) in [6, 6.07) is 12.7. The lowest BCUT2D eigenvalue weighted by atomic mass is 10.1. The van der Waals surface area contributed by atoms with Gasteiger partial charge in [0.2, 0.25) is 5.78 Å². The van der Waals surface area contributed by atoms with Crippen LogP contribution in [0.4, 0.5) is 0 Å². The maximum absolute atomic E-state index is 12.4. The van der Waals surface area contributed by atoms with E-state index in [1.807, 2.05) is 54.8 Å². The van der Waals surface area contributed by atoms with E-state index in [2.05, 4.69) is 11.6 Å². The Morgan fingerprint density at radius 3 is 2.73 bits per heavy atom. The fourth-order valence-corrected chi connectivity index (χ4v) is 2.96. The number of fused-ring (bicyclic) bond motifs is 1. The minimum absolute atomic E-state index is 0.189. The van der Waals surface area contributed by atoms with Crippen LogP contribution in [-0.2, 0) is 11.3 Å². The number of aryl methyl sites for hydroxylation is 1. The van der Waals surface area contributed by atoms with Crippen LogP contribution in [0, 0.1) is 13.8 Å². The van der Waals surface area contributed by atoms with Crippen molar-refractivity contribution in [1.29, 1.82) is 0 Å². The van der Waals surface area contributed by atoms with Gasteiger partial charge in [-0.3, -0.25) is 4.79 Å². The predicted octanol–water partition coefficient (Wildman–Crippen LogP) is 3.88. The molecule has 0 spiro atoms. The Hall–Kier alpha value is -3.21. The normalized spacial score (nSPS) is 10.7. The predicted molar refractivity (Wildman–Crippen MR) is 100 cm³/mol. The number of esters is 1. The summed E-state index contributed by atoms with van der Waals surface area (Å²) in [5.41, 5.74) is 3.26. The molecule has 0 saturated carbocycles. The number of pyridine rings is 1. The van der Waals surface area contributed by atoms with Crippen LogP contribution in [0.5, 0.6) is 0 Å². The zero-order valence-corrected chi connectivity index (χ0v) is 14.9. The lowest BCUT2D eigenvalue weighted by Gasteiger charge is -2.07. The average Bonchev–Trinajstić information content (AvgIpc) is 2.94. The maximum Gasteiger partial charge on any atom is 0.357 e. The van der Waals surface area contributed by atoms with E-state index in [-0.39, 0.29) is 18.1 Å². The fraction of sp³-hybridized carbons (Fsp3) is 0.190. The van der Waals surface area contributed by atoms with Gasteiger partial charge >= 0.3 is 5.97 Å². The summed E-state index contributed by atoms with van der Waals surface area (Å²) in [7, 11) is 0. The van der Waals surface area contributed by atoms with Crippen molar-refractivity contribution in [2.45, 2.75) is 20.4 Å². The van der Waals surface area contributed by atoms with Crippen LogP contribution in [0.15, 0.2) is 55.1 Å². The number of hydrogen-bond acceptors (Lipinski definition) is 4. The number of allylic oxidation sites excluding steroid dienone is 1. The molecule has 0 aliphatic carbocycles. The van der Waals surface area contributed by atoms with Crippen LogP contribution in [0.3, 0.4) is 0 Å². The highest BCUT2D eigenvalue weighted by Crippen LogP contribution is 2.17. The molecule has 5 nitrogen and oxygen atoms in total. The van der Waals surface area contributed by atoms with Gasteiger partial charge in [-0.1, -0.05) is 30.3 Å². The molecule has 0 fully saturated rings. The van der Waals surface area contributed by atoms with E-state index in [1.54, 1.807) is 12.1 Å². The fourth-order valence-electron chi connectivity index (χ4n) is 2.96. The van der Waals surface area contributed by atoms with Crippen LogP contribution < -0.4 is 0 Å². The smallest absolute Gasteiger partial charge is 0.357 e. The molecule has 0 atom stereocenters. The zero-order valence-electron chi connectivity index (χ0n) is 14.9. The van der Waals surface area contributed by atoms with Gasteiger partial charge in [0.25, 0.3) is 0 Å². The molecule has 1 aromatic carbocycles. The Morgan fingerprint density at radius 1 is 1.19 bits per heavy atom. The molecule has 0 N–H and O–H groups in total. The van der Waals surface area contributed by atoms with Crippen molar-refractivity contribution in [3.8, 4) is 0 Å². The van der Waals surface area contributed by atoms with E-state index in [9.17, 15) is 9.59 Å². The number of benzene rings is 1. The van der Waals surface area contributed by atoms with E-state index in [1.165, 1.54) is 0 Å². The number of hydrogen-bond donors (Lipinski definition) is 0. The molecule has 0 amide bonds. The number of aromatic nitrogens is 2. The summed E-state index contributed by atoms with van der Waals surface area (Å²) in [5.74, 6) is -0.841. The maximum atomic E-state index is 12.4. The zero-order chi connectivity index (χ0) is 18.7. The molecule has 0 saturated heterocycles. The summed E-state index contributed by atoms with van der Waals surface area (Å²) >= 11 is 0. The van der Waals surface area contributed by atoms with Crippen LogP contribution >= 0.6 is 0 Å². The molecule has 132 valence electrons. The van der Waals surface area contributed by atoms with Gasteiger partial charge in [-0.25, -0.2) is 9.78 Å². The molecular weight excluding hydrogens is 328 g/mol. The van der Waals surface area contributed by atoms with Gasteiger partial charge in [-0.15, -0.1) is 6.58 Å². The number of Topliss-reactive ketones (excluding diaryl/α,β-unsaturated/α-hetero) is 1. The molecule has 3 rings (SSSR count). The highest BCUT2D eigenvalue weighted by Gasteiger charge is 2.18. The van der Waals surface area contributed by atoms with Gasteiger partial charge in [0.05, 0.1) is 5.52 Å². The molecule has 2 heterocycles. The van der Waals surface area contributed by atoms with Crippen molar-refractivity contribution in [2.75, 3.05) is 6.61 Å². The topological polar surface area (TPSA) is 61.2 Å². The lowest BCUT2D eigenvalue weighted by molar-refractivity contribution is 0.0469. The number of carbonyl (C=O) groups excluding carboxylic acids is 2. The molecule has 0 bridgehead atoms. The minimum atomic E-state index is -0.607. The number of para-hydroxylation sites is 1. The third-order valence-corrected chi connectivity index (χ3v) is 4.33. The molecule has 2 aromatic heterocycles. The highest BCUT2D eigenvalue weighted by molar-refractivity contribution is 6.00. The molecule has 3 aromatic rings. The average molecular weight is 348 g/mol. The summed E-state index contributed by atoms with van der Waals surface area (Å²) in [4.78, 5) is 29.0. The second-order valence-electron chi connectivity index (χ2n) is 6.07. The van der Waals surface area contributed by atoms with Crippen LogP contribution in [0.2, 0.25) is 0 Å². The molecule has 0 radical (unpaired) electrons. The third kappa shape index (κ3) is 3.42. The molecule has 0 aliphatic heterocycles. The number of ether oxygens (including phenoxy) is 1. The van der Waals surface area contributed by atoms with E-state index < -0.39 is 5.97 Å². The van der Waals surface area contributed by atoms with Crippen molar-refractivity contribution >= 4 is 22.7 Å². The minimum Gasteiger partial charge on any atom is -0.453 e. The number of rotatable bonds is 6. The Kier molecular flexibility index (Phi) is 4.98. The van der Waals surface area contributed by atoms with Crippen LogP contribution in [-0.4, -0.2) is 27.9 Å². The standard InChI is InChI=1S/C21H20N2O3/c1-4-11-23-14(2)12-17(15(23)3)20(24)13-26-21(25)19-10-9-16-7-5-6-8-18(16)22-19/h4-10,12H,1,11,13H2,2-3H3. The van der Waals surface area contributed by atoms with Crippen molar-refractivity contribution in [1.82, 2.24) is 9.55 Å². The first-order chi connectivity index (χ1) is 12.5. The van der Waals surface area contributed by atoms with Gasteiger partial charge in [0.15, 0.2) is 6.61 Å². The highest BCUT2D eigenvalue weighted by atomic mass is 16.5. The first-order valence-corrected chi connectivity index (χ1v) is 8.35. The van der Waals surface area contributed by atoms with Crippen LogP contribution in [0.1, 0.15) is 32.2 Å². The van der Waals surface area contributed by atoms with Crippen molar-refractivity contribution in [2.24, 2.45) is 0 Å². The Morgan fingerprint density at radius 2 is 1.96 bits per heavy atom. The van der Waals surface area contributed by atoms with Crippen molar-refractivity contribution in [3.63, 3.8) is 0 Å². The largest absolute Gasteiger partial charge is 0.453 e. The molecule has 26 heavy (non-hydrogen) atoms. The lowest BCUT2D eigenvalue weighted by Crippen LogP contribution is -2.16. The molecular formula is C21H20N2O3.